The molecule has 0 radical (unpaired) electrons. The molecule has 0 bridgehead atoms. The predicted molar refractivity (Wildman–Crippen MR) is 72.4 cm³/mol. The second kappa shape index (κ2) is 5.65. The average Bonchev–Trinajstić information content (AvgIpc) is 2.28. The lowest BCUT2D eigenvalue weighted by molar-refractivity contribution is -0.121. The number of hydrogen-bond acceptors (Lipinski definition) is 3. The van der Waals surface area contributed by atoms with Crippen LogP contribution in [0.5, 0.6) is 0 Å². The van der Waals surface area contributed by atoms with Crippen LogP contribution in [0.2, 0.25) is 0 Å². The first-order valence-electron chi connectivity index (χ1n) is 6.10. The van der Waals surface area contributed by atoms with Gasteiger partial charge in [-0.15, -0.1) is 0 Å². The van der Waals surface area contributed by atoms with Crippen molar-refractivity contribution in [2.75, 3.05) is 6.26 Å². The standard InChI is InChI=1S/C14H20O3S/c1-5-13(15)14(10(2)3)11-6-8-12(9-7-11)18(4,16)17/h6-10,14H,5H2,1-4H3. The first-order valence-corrected chi connectivity index (χ1v) is 7.99. The first-order chi connectivity index (χ1) is 8.27. The van der Waals surface area contributed by atoms with Crippen molar-refractivity contribution in [3.63, 3.8) is 0 Å². The fraction of sp³-hybridized carbons (Fsp3) is 0.500. The highest BCUT2D eigenvalue weighted by molar-refractivity contribution is 7.90. The molecule has 0 spiro atoms. The molecule has 1 unspecified atom stereocenters. The molecule has 3 nitrogen and oxygen atoms in total. The van der Waals surface area contributed by atoms with Gasteiger partial charge < -0.3 is 0 Å². The molecule has 0 fully saturated rings. The van der Waals surface area contributed by atoms with Gasteiger partial charge in [-0.3, -0.25) is 4.79 Å². The quantitative estimate of drug-likeness (QED) is 0.825. The molecule has 0 aromatic heterocycles. The molecule has 0 saturated carbocycles. The van der Waals surface area contributed by atoms with Crippen molar-refractivity contribution in [3.05, 3.63) is 29.8 Å². The van der Waals surface area contributed by atoms with E-state index >= 15 is 0 Å². The lowest BCUT2D eigenvalue weighted by Gasteiger charge is -2.19. The monoisotopic (exact) mass is 268 g/mol. The van der Waals surface area contributed by atoms with E-state index in [0.717, 1.165) is 5.56 Å². The molecule has 0 heterocycles. The molecule has 100 valence electrons. The summed E-state index contributed by atoms with van der Waals surface area (Å²) < 4.78 is 22.7. The Morgan fingerprint density at radius 2 is 1.67 bits per heavy atom. The van der Waals surface area contributed by atoms with E-state index in [0.29, 0.717) is 6.42 Å². The molecule has 0 N–H and O–H groups in total. The van der Waals surface area contributed by atoms with E-state index in [9.17, 15) is 13.2 Å². The van der Waals surface area contributed by atoms with E-state index in [-0.39, 0.29) is 22.5 Å². The maximum Gasteiger partial charge on any atom is 0.175 e. The second-order valence-corrected chi connectivity index (χ2v) is 6.90. The van der Waals surface area contributed by atoms with Gasteiger partial charge in [-0.2, -0.15) is 0 Å². The van der Waals surface area contributed by atoms with E-state index in [1.807, 2.05) is 20.8 Å². The van der Waals surface area contributed by atoms with E-state index in [1.54, 1.807) is 24.3 Å². The molecule has 0 amide bonds. The minimum absolute atomic E-state index is 0.149. The molecule has 1 aromatic carbocycles. The number of rotatable bonds is 5. The highest BCUT2D eigenvalue weighted by Gasteiger charge is 2.22. The predicted octanol–water partition coefficient (Wildman–Crippen LogP) is 2.81. The van der Waals surface area contributed by atoms with Crippen molar-refractivity contribution >= 4 is 15.6 Å². The number of ketones is 1. The van der Waals surface area contributed by atoms with Crippen LogP contribution in [0.3, 0.4) is 0 Å². The molecular formula is C14H20O3S. The molecule has 0 saturated heterocycles. The molecular weight excluding hydrogens is 248 g/mol. The molecule has 0 aliphatic heterocycles. The zero-order chi connectivity index (χ0) is 13.9. The second-order valence-electron chi connectivity index (χ2n) is 4.88. The van der Waals surface area contributed by atoms with E-state index < -0.39 is 9.84 Å². The number of hydrogen-bond donors (Lipinski definition) is 0. The van der Waals surface area contributed by atoms with Crippen LogP contribution in [-0.2, 0) is 14.6 Å². The lowest BCUT2D eigenvalue weighted by Crippen LogP contribution is -2.17. The van der Waals surface area contributed by atoms with E-state index in [1.165, 1.54) is 6.26 Å². The van der Waals surface area contributed by atoms with Crippen molar-refractivity contribution in [2.45, 2.75) is 38.0 Å². The van der Waals surface area contributed by atoms with E-state index in [4.69, 9.17) is 0 Å². The fourth-order valence-corrected chi connectivity index (χ4v) is 2.72. The van der Waals surface area contributed by atoms with Gasteiger partial charge in [0.05, 0.1) is 4.90 Å². The summed E-state index contributed by atoms with van der Waals surface area (Å²) >= 11 is 0. The maximum absolute atomic E-state index is 11.9. The molecule has 0 aliphatic rings. The van der Waals surface area contributed by atoms with Gasteiger partial charge in [-0.05, 0) is 23.6 Å². The zero-order valence-corrected chi connectivity index (χ0v) is 12.1. The summed E-state index contributed by atoms with van der Waals surface area (Å²) in [6, 6.07) is 6.63. The number of sulfone groups is 1. The summed E-state index contributed by atoms with van der Waals surface area (Å²) in [6.45, 7) is 5.86. The normalized spacial score (nSPS) is 13.6. The van der Waals surface area contributed by atoms with Crippen LogP contribution in [0.15, 0.2) is 29.2 Å². The minimum Gasteiger partial charge on any atom is -0.299 e. The van der Waals surface area contributed by atoms with Gasteiger partial charge in [0.1, 0.15) is 5.78 Å². The zero-order valence-electron chi connectivity index (χ0n) is 11.3. The third kappa shape index (κ3) is 3.42. The van der Waals surface area contributed by atoms with Crippen LogP contribution in [0.4, 0.5) is 0 Å². The Bertz CT molecular complexity index is 512. The number of Topliss-reactive ketones (excluding diaryl/α,β-unsaturated/α-hetero) is 1. The largest absolute Gasteiger partial charge is 0.299 e. The average molecular weight is 268 g/mol. The van der Waals surface area contributed by atoms with Crippen LogP contribution in [0.25, 0.3) is 0 Å². The van der Waals surface area contributed by atoms with Crippen molar-refractivity contribution < 1.29 is 13.2 Å². The van der Waals surface area contributed by atoms with Crippen molar-refractivity contribution in [1.82, 2.24) is 0 Å². The topological polar surface area (TPSA) is 51.2 Å². The first kappa shape index (κ1) is 14.9. The van der Waals surface area contributed by atoms with Gasteiger partial charge >= 0.3 is 0 Å². The highest BCUT2D eigenvalue weighted by Crippen LogP contribution is 2.27. The highest BCUT2D eigenvalue weighted by atomic mass is 32.2. The third-order valence-corrected chi connectivity index (χ3v) is 4.16. The minimum atomic E-state index is -3.18. The number of benzene rings is 1. The maximum atomic E-state index is 11.9. The van der Waals surface area contributed by atoms with E-state index in [2.05, 4.69) is 0 Å². The summed E-state index contributed by atoms with van der Waals surface area (Å²) in [6.07, 6.45) is 1.68. The molecule has 1 rings (SSSR count). The summed E-state index contributed by atoms with van der Waals surface area (Å²) in [5.41, 5.74) is 0.893. The third-order valence-electron chi connectivity index (χ3n) is 3.03. The Balaban J connectivity index is 3.13. The molecule has 1 atom stereocenters. The van der Waals surface area contributed by atoms with Crippen LogP contribution in [0, 0.1) is 5.92 Å². The molecule has 4 heteroatoms. The van der Waals surface area contributed by atoms with Gasteiger partial charge in [0.15, 0.2) is 9.84 Å². The Hall–Kier alpha value is -1.16. The van der Waals surface area contributed by atoms with Crippen LogP contribution in [0.1, 0.15) is 38.7 Å². The van der Waals surface area contributed by atoms with Gasteiger partial charge in [0.2, 0.25) is 0 Å². The Morgan fingerprint density at radius 1 is 1.17 bits per heavy atom. The summed E-state index contributed by atoms with van der Waals surface area (Å²) in [7, 11) is -3.18. The van der Waals surface area contributed by atoms with Gasteiger partial charge in [0.25, 0.3) is 0 Å². The van der Waals surface area contributed by atoms with Gasteiger partial charge in [-0.1, -0.05) is 32.9 Å². The number of carbonyl (C=O) groups is 1. The summed E-state index contributed by atoms with van der Waals surface area (Å²) in [5, 5.41) is 0. The molecule has 1 aromatic rings. The lowest BCUT2D eigenvalue weighted by atomic mass is 9.84. The smallest absolute Gasteiger partial charge is 0.175 e. The SMILES string of the molecule is CCC(=O)C(c1ccc(S(C)(=O)=O)cc1)C(C)C. The van der Waals surface area contributed by atoms with Crippen LogP contribution < -0.4 is 0 Å². The Morgan fingerprint density at radius 3 is 2.00 bits per heavy atom. The van der Waals surface area contributed by atoms with Crippen LogP contribution in [-0.4, -0.2) is 20.5 Å². The summed E-state index contributed by atoms with van der Waals surface area (Å²) in [5.74, 6) is 0.252. The molecule has 0 aliphatic carbocycles. The van der Waals surface area contributed by atoms with Crippen molar-refractivity contribution in [3.8, 4) is 0 Å². The Kier molecular flexibility index (Phi) is 4.68. The van der Waals surface area contributed by atoms with Crippen molar-refractivity contribution in [1.29, 1.82) is 0 Å². The summed E-state index contributed by atoms with van der Waals surface area (Å²) in [4.78, 5) is 12.2. The van der Waals surface area contributed by atoms with Crippen molar-refractivity contribution in [2.24, 2.45) is 5.92 Å². The van der Waals surface area contributed by atoms with Crippen LogP contribution >= 0.6 is 0 Å². The molecule has 18 heavy (non-hydrogen) atoms. The van der Waals surface area contributed by atoms with Gasteiger partial charge in [0, 0.05) is 18.6 Å². The van der Waals surface area contributed by atoms with Gasteiger partial charge in [-0.25, -0.2) is 8.42 Å². The number of carbonyl (C=O) groups excluding carboxylic acids is 1. The fourth-order valence-electron chi connectivity index (χ4n) is 2.08. The Labute approximate surface area is 109 Å².